The molecule has 8 heteroatoms. The van der Waals surface area contributed by atoms with Gasteiger partial charge in [0.2, 0.25) is 0 Å². The van der Waals surface area contributed by atoms with E-state index < -0.39 is 4.92 Å². The molecule has 0 amide bonds. The van der Waals surface area contributed by atoms with Gasteiger partial charge in [0.25, 0.3) is 5.69 Å². The summed E-state index contributed by atoms with van der Waals surface area (Å²) in [4.78, 5) is 9.93. The highest BCUT2D eigenvalue weighted by Gasteiger charge is 2.02. The second-order valence-corrected chi connectivity index (χ2v) is 3.56. The van der Waals surface area contributed by atoms with Crippen molar-refractivity contribution in [2.75, 3.05) is 6.26 Å². The molecule has 6 nitrogen and oxygen atoms in total. The number of hydrogen-bond donors (Lipinski definition) is 1. The number of thioether (sulfide) groups is 1. The Morgan fingerprint density at radius 3 is 2.53 bits per heavy atom. The molecule has 0 saturated heterocycles. The number of nitrogens with two attached hydrogens (primary N) is 1. The van der Waals surface area contributed by atoms with Crippen LogP contribution < -0.4 is 5.73 Å². The molecular formula is C9H11IN4O2S. The van der Waals surface area contributed by atoms with Crippen molar-refractivity contribution in [3.63, 3.8) is 0 Å². The Labute approximate surface area is 120 Å². The molecule has 0 fully saturated rings. The minimum Gasteiger partial charge on any atom is -0.377 e. The zero-order valence-electron chi connectivity index (χ0n) is 8.94. The van der Waals surface area contributed by atoms with Crippen LogP contribution in [-0.4, -0.2) is 22.6 Å². The van der Waals surface area contributed by atoms with E-state index in [1.807, 2.05) is 0 Å². The second kappa shape index (κ2) is 8.01. The Balaban J connectivity index is 0.00000256. The van der Waals surface area contributed by atoms with Gasteiger partial charge in [0, 0.05) is 12.1 Å². The predicted molar refractivity (Wildman–Crippen MR) is 81.2 cm³/mol. The van der Waals surface area contributed by atoms with Gasteiger partial charge in [0.1, 0.15) is 0 Å². The Morgan fingerprint density at radius 1 is 1.47 bits per heavy atom. The quantitative estimate of drug-likeness (QED) is 0.292. The van der Waals surface area contributed by atoms with Gasteiger partial charge in [-0.05, 0) is 24.0 Å². The van der Waals surface area contributed by atoms with Crippen molar-refractivity contribution < 1.29 is 4.92 Å². The van der Waals surface area contributed by atoms with E-state index in [4.69, 9.17) is 5.73 Å². The van der Waals surface area contributed by atoms with Crippen LogP contribution in [0.5, 0.6) is 0 Å². The predicted octanol–water partition coefficient (Wildman–Crippen LogP) is 2.22. The SMILES string of the molecule is CS/C(N)=N/N=Cc1ccc([N+](=O)[O-])cc1.I. The first-order chi connectivity index (χ1) is 7.63. The lowest BCUT2D eigenvalue weighted by Gasteiger charge is -1.92. The maximum atomic E-state index is 10.4. The summed E-state index contributed by atoms with van der Waals surface area (Å²) in [5, 5.41) is 18.2. The fourth-order valence-electron chi connectivity index (χ4n) is 0.875. The van der Waals surface area contributed by atoms with Gasteiger partial charge in [-0.2, -0.15) is 5.10 Å². The first kappa shape index (κ1) is 15.8. The van der Waals surface area contributed by atoms with E-state index in [2.05, 4.69) is 10.2 Å². The van der Waals surface area contributed by atoms with E-state index in [0.717, 1.165) is 5.56 Å². The molecule has 0 spiro atoms. The monoisotopic (exact) mass is 366 g/mol. The fourth-order valence-corrected chi connectivity index (χ4v) is 1.00. The first-order valence-electron chi connectivity index (χ1n) is 4.28. The number of nitrogens with zero attached hydrogens (tertiary/aromatic N) is 3. The van der Waals surface area contributed by atoms with Crippen molar-refractivity contribution >= 4 is 52.8 Å². The van der Waals surface area contributed by atoms with Crippen LogP contribution in [0.3, 0.4) is 0 Å². The zero-order valence-corrected chi connectivity index (χ0v) is 12.1. The van der Waals surface area contributed by atoms with Crippen molar-refractivity contribution in [1.82, 2.24) is 0 Å². The molecule has 0 aliphatic carbocycles. The van der Waals surface area contributed by atoms with E-state index in [-0.39, 0.29) is 29.7 Å². The van der Waals surface area contributed by atoms with Crippen LogP contribution in [0.15, 0.2) is 34.5 Å². The molecule has 0 radical (unpaired) electrons. The summed E-state index contributed by atoms with van der Waals surface area (Å²) >= 11 is 1.29. The van der Waals surface area contributed by atoms with Crippen molar-refractivity contribution in [2.45, 2.75) is 0 Å². The number of nitro benzene ring substituents is 1. The highest BCUT2D eigenvalue weighted by Crippen LogP contribution is 2.10. The molecule has 0 atom stereocenters. The molecule has 1 aromatic carbocycles. The van der Waals surface area contributed by atoms with Gasteiger partial charge in [-0.3, -0.25) is 10.1 Å². The Kier molecular flexibility index (Phi) is 7.46. The third-order valence-electron chi connectivity index (χ3n) is 1.68. The standard InChI is InChI=1S/C9H10N4O2S.HI/c1-16-9(10)12-11-6-7-2-4-8(5-3-7)13(14)15;/h2-6H,1H3,(H2,10,12);1H. The van der Waals surface area contributed by atoms with Crippen LogP contribution in [0.4, 0.5) is 5.69 Å². The lowest BCUT2D eigenvalue weighted by molar-refractivity contribution is -0.384. The van der Waals surface area contributed by atoms with Crippen LogP contribution in [0.1, 0.15) is 5.56 Å². The number of non-ortho nitro benzene ring substituents is 1. The number of amidine groups is 1. The van der Waals surface area contributed by atoms with E-state index in [1.54, 1.807) is 18.4 Å². The van der Waals surface area contributed by atoms with Crippen molar-refractivity contribution in [3.8, 4) is 0 Å². The summed E-state index contributed by atoms with van der Waals surface area (Å²) in [5.74, 6) is 0. The highest BCUT2D eigenvalue weighted by atomic mass is 127. The number of nitro groups is 1. The normalized spacial score (nSPS) is 11.2. The summed E-state index contributed by atoms with van der Waals surface area (Å²) < 4.78 is 0. The molecule has 0 aromatic heterocycles. The van der Waals surface area contributed by atoms with Gasteiger partial charge in [0.05, 0.1) is 11.1 Å². The molecule has 17 heavy (non-hydrogen) atoms. The zero-order chi connectivity index (χ0) is 12.0. The highest BCUT2D eigenvalue weighted by molar-refractivity contribution is 14.0. The third-order valence-corrected chi connectivity index (χ3v) is 2.18. The van der Waals surface area contributed by atoms with E-state index >= 15 is 0 Å². The van der Waals surface area contributed by atoms with Crippen LogP contribution in [0.2, 0.25) is 0 Å². The molecule has 0 heterocycles. The smallest absolute Gasteiger partial charge is 0.269 e. The van der Waals surface area contributed by atoms with Gasteiger partial charge in [-0.15, -0.1) is 29.1 Å². The van der Waals surface area contributed by atoms with Crippen molar-refractivity contribution in [3.05, 3.63) is 39.9 Å². The number of rotatable bonds is 3. The number of halogens is 1. The molecule has 0 saturated carbocycles. The lowest BCUT2D eigenvalue weighted by atomic mass is 10.2. The molecule has 0 bridgehead atoms. The van der Waals surface area contributed by atoms with Gasteiger partial charge < -0.3 is 5.73 Å². The largest absolute Gasteiger partial charge is 0.377 e. The van der Waals surface area contributed by atoms with Gasteiger partial charge in [-0.1, -0.05) is 11.8 Å². The minimum atomic E-state index is -0.454. The van der Waals surface area contributed by atoms with Gasteiger partial charge in [-0.25, -0.2) is 0 Å². The maximum Gasteiger partial charge on any atom is 0.269 e. The van der Waals surface area contributed by atoms with Gasteiger partial charge in [0.15, 0.2) is 5.17 Å². The Morgan fingerprint density at radius 2 is 2.06 bits per heavy atom. The van der Waals surface area contributed by atoms with Crippen LogP contribution >= 0.6 is 35.7 Å². The molecule has 0 aliphatic heterocycles. The molecule has 1 rings (SSSR count). The first-order valence-corrected chi connectivity index (χ1v) is 5.51. The topological polar surface area (TPSA) is 93.9 Å². The van der Waals surface area contributed by atoms with Crippen molar-refractivity contribution in [1.29, 1.82) is 0 Å². The Hall–Kier alpha value is -1.16. The molecule has 2 N–H and O–H groups in total. The maximum absolute atomic E-state index is 10.4. The molecule has 92 valence electrons. The second-order valence-electron chi connectivity index (χ2n) is 2.74. The van der Waals surface area contributed by atoms with E-state index in [0.29, 0.717) is 5.17 Å². The third kappa shape index (κ3) is 5.63. The summed E-state index contributed by atoms with van der Waals surface area (Å²) in [6, 6.07) is 5.99. The average molecular weight is 366 g/mol. The molecule has 1 aromatic rings. The number of benzene rings is 1. The lowest BCUT2D eigenvalue weighted by Crippen LogP contribution is -2.03. The summed E-state index contributed by atoms with van der Waals surface area (Å²) in [6.45, 7) is 0. The fraction of sp³-hybridized carbons (Fsp3) is 0.111. The molecule has 0 aliphatic rings. The van der Waals surface area contributed by atoms with Crippen LogP contribution in [0.25, 0.3) is 0 Å². The van der Waals surface area contributed by atoms with Crippen LogP contribution in [0, 0.1) is 10.1 Å². The minimum absolute atomic E-state index is 0. The molecule has 0 unspecified atom stereocenters. The molecular weight excluding hydrogens is 355 g/mol. The van der Waals surface area contributed by atoms with E-state index in [9.17, 15) is 10.1 Å². The van der Waals surface area contributed by atoms with E-state index in [1.165, 1.54) is 30.1 Å². The summed E-state index contributed by atoms with van der Waals surface area (Å²) in [5.41, 5.74) is 6.18. The van der Waals surface area contributed by atoms with Gasteiger partial charge >= 0.3 is 0 Å². The Bertz CT molecular complexity index is 433. The average Bonchev–Trinajstić information content (AvgIpc) is 2.29. The van der Waals surface area contributed by atoms with Crippen LogP contribution in [-0.2, 0) is 0 Å². The van der Waals surface area contributed by atoms with Crippen molar-refractivity contribution in [2.24, 2.45) is 15.9 Å². The number of hydrogen-bond acceptors (Lipinski definition) is 5. The summed E-state index contributed by atoms with van der Waals surface area (Å²) in [6.07, 6.45) is 3.27. The summed E-state index contributed by atoms with van der Waals surface area (Å²) in [7, 11) is 0.